The number of amides is 1. The molecule has 3 aromatic rings. The number of hydrogen-bond donors (Lipinski definition) is 1. The minimum atomic E-state index is -4.59. The number of carbonyl (C=O) groups excluding carboxylic acids is 1. The number of nitrogens with zero attached hydrogens (tertiary/aromatic N) is 2. The normalized spacial score (nSPS) is 13.7. The first-order valence-corrected chi connectivity index (χ1v) is 12.5. The Morgan fingerprint density at radius 3 is 2.37 bits per heavy atom. The highest BCUT2D eigenvalue weighted by molar-refractivity contribution is 7.80. The summed E-state index contributed by atoms with van der Waals surface area (Å²) in [6.45, 7) is 2.44. The Morgan fingerprint density at radius 2 is 1.68 bits per heavy atom. The monoisotopic (exact) mass is 563 g/mol. The van der Waals surface area contributed by atoms with E-state index in [0.29, 0.717) is 28.9 Å². The lowest BCUT2D eigenvalue weighted by Crippen LogP contribution is -2.48. The molecule has 38 heavy (non-hydrogen) atoms. The van der Waals surface area contributed by atoms with Crippen LogP contribution in [0.3, 0.4) is 0 Å². The van der Waals surface area contributed by atoms with Crippen molar-refractivity contribution in [2.24, 2.45) is 0 Å². The second kappa shape index (κ2) is 11.9. The van der Waals surface area contributed by atoms with Crippen molar-refractivity contribution in [3.8, 4) is 11.5 Å². The number of anilines is 2. The van der Waals surface area contributed by atoms with E-state index in [2.05, 4.69) is 15.1 Å². The van der Waals surface area contributed by atoms with E-state index in [9.17, 15) is 18.0 Å². The van der Waals surface area contributed by atoms with E-state index in [1.807, 2.05) is 24.3 Å². The van der Waals surface area contributed by atoms with Crippen molar-refractivity contribution in [2.45, 2.75) is 6.18 Å². The number of methoxy groups -OCH3 is 1. The van der Waals surface area contributed by atoms with Gasteiger partial charge in [0, 0.05) is 31.7 Å². The number of ether oxygens (including phenoxy) is 2. The first-order chi connectivity index (χ1) is 18.2. The van der Waals surface area contributed by atoms with Gasteiger partial charge in [0.1, 0.15) is 4.99 Å². The first-order valence-electron chi connectivity index (χ1n) is 11.7. The molecule has 200 valence electrons. The van der Waals surface area contributed by atoms with Gasteiger partial charge < -0.3 is 24.6 Å². The van der Waals surface area contributed by atoms with Crippen LogP contribution in [-0.2, 0) is 11.0 Å². The Hall–Kier alpha value is -3.50. The van der Waals surface area contributed by atoms with Crippen molar-refractivity contribution in [1.29, 1.82) is 0 Å². The van der Waals surface area contributed by atoms with Crippen molar-refractivity contribution in [3.63, 3.8) is 0 Å². The van der Waals surface area contributed by atoms with Crippen LogP contribution in [0, 0.1) is 0 Å². The Balaban J connectivity index is 1.36. The molecule has 1 N–H and O–H groups in total. The zero-order valence-corrected chi connectivity index (χ0v) is 22.0. The lowest BCUT2D eigenvalue weighted by molar-refractivity contribution is -0.137. The number of benzene rings is 3. The van der Waals surface area contributed by atoms with E-state index in [4.69, 9.17) is 33.3 Å². The van der Waals surface area contributed by atoms with Crippen molar-refractivity contribution >= 4 is 46.1 Å². The SMILES string of the molecule is COc1cc(C(=S)N2CCN(c3ccccc3Cl)CC2)ccc1OCC(=O)Nc1ccccc1C(F)(F)F. The molecule has 0 spiro atoms. The van der Waals surface area contributed by atoms with Gasteiger partial charge in [-0.1, -0.05) is 48.1 Å². The zero-order chi connectivity index (χ0) is 27.3. The smallest absolute Gasteiger partial charge is 0.418 e. The van der Waals surface area contributed by atoms with Gasteiger partial charge in [0.2, 0.25) is 0 Å². The van der Waals surface area contributed by atoms with Gasteiger partial charge in [0.25, 0.3) is 5.91 Å². The second-order valence-corrected chi connectivity index (χ2v) is 9.27. The predicted octanol–water partition coefficient (Wildman–Crippen LogP) is 5.88. The highest BCUT2D eigenvalue weighted by Gasteiger charge is 2.33. The molecular weight excluding hydrogens is 539 g/mol. The van der Waals surface area contributed by atoms with E-state index in [0.717, 1.165) is 30.4 Å². The molecule has 3 aromatic carbocycles. The molecule has 11 heteroatoms. The molecule has 1 aliphatic rings. The van der Waals surface area contributed by atoms with E-state index in [1.165, 1.54) is 25.3 Å². The quantitative estimate of drug-likeness (QED) is 0.362. The number of hydrogen-bond acceptors (Lipinski definition) is 5. The molecular formula is C27H25ClF3N3O3S. The van der Waals surface area contributed by atoms with Gasteiger partial charge in [-0.2, -0.15) is 13.2 Å². The molecule has 4 rings (SSSR count). The number of halogens is 4. The minimum Gasteiger partial charge on any atom is -0.493 e. The third kappa shape index (κ3) is 6.49. The highest BCUT2D eigenvalue weighted by Crippen LogP contribution is 2.35. The molecule has 0 bridgehead atoms. The molecule has 1 amide bonds. The van der Waals surface area contributed by atoms with Gasteiger partial charge >= 0.3 is 6.18 Å². The third-order valence-corrected chi connectivity index (χ3v) is 6.85. The fraction of sp³-hybridized carbons (Fsp3) is 0.259. The number of piperazine rings is 1. The maximum atomic E-state index is 13.2. The van der Waals surface area contributed by atoms with Crippen molar-refractivity contribution in [3.05, 3.63) is 82.9 Å². The molecule has 6 nitrogen and oxygen atoms in total. The van der Waals surface area contributed by atoms with Crippen LogP contribution in [0.25, 0.3) is 0 Å². The Kier molecular flexibility index (Phi) is 8.63. The van der Waals surface area contributed by atoms with Crippen LogP contribution in [0.1, 0.15) is 11.1 Å². The first kappa shape index (κ1) is 27.5. The third-order valence-electron chi connectivity index (χ3n) is 6.04. The lowest BCUT2D eigenvalue weighted by Gasteiger charge is -2.37. The maximum absolute atomic E-state index is 13.2. The summed E-state index contributed by atoms with van der Waals surface area (Å²) in [6.07, 6.45) is -4.59. The lowest BCUT2D eigenvalue weighted by atomic mass is 10.1. The summed E-state index contributed by atoms with van der Waals surface area (Å²) in [5.41, 5.74) is 0.472. The summed E-state index contributed by atoms with van der Waals surface area (Å²) in [5.74, 6) is -0.121. The molecule has 0 aliphatic carbocycles. The van der Waals surface area contributed by atoms with E-state index in [-0.39, 0.29) is 11.4 Å². The number of alkyl halides is 3. The summed E-state index contributed by atoms with van der Waals surface area (Å²) in [5, 5.41) is 2.96. The summed E-state index contributed by atoms with van der Waals surface area (Å²) in [6, 6.07) is 17.6. The Labute approximate surface area is 228 Å². The molecule has 1 saturated heterocycles. The van der Waals surface area contributed by atoms with Crippen LogP contribution < -0.4 is 19.7 Å². The number of carbonyl (C=O) groups is 1. The molecule has 1 heterocycles. The van der Waals surface area contributed by atoms with E-state index >= 15 is 0 Å². The number of nitrogens with one attached hydrogen (secondary N) is 1. The van der Waals surface area contributed by atoms with Gasteiger partial charge in [-0.3, -0.25) is 4.79 Å². The van der Waals surface area contributed by atoms with E-state index < -0.39 is 24.3 Å². The molecule has 0 saturated carbocycles. The summed E-state index contributed by atoms with van der Waals surface area (Å²) >= 11 is 12.1. The average molecular weight is 564 g/mol. The Morgan fingerprint density at radius 1 is 1.00 bits per heavy atom. The molecule has 1 fully saturated rings. The van der Waals surface area contributed by atoms with Crippen molar-refractivity contribution in [1.82, 2.24) is 4.90 Å². The van der Waals surface area contributed by atoms with Gasteiger partial charge in [-0.15, -0.1) is 0 Å². The van der Waals surface area contributed by atoms with Crippen LogP contribution in [0.2, 0.25) is 5.02 Å². The summed E-state index contributed by atoms with van der Waals surface area (Å²) in [7, 11) is 1.46. The predicted molar refractivity (Wildman–Crippen MR) is 146 cm³/mol. The fourth-order valence-electron chi connectivity index (χ4n) is 4.13. The standard InChI is InChI=1S/C27H25ClF3N3O3S/c1-36-24-16-18(26(38)34-14-12-33(13-15-34)22-9-5-3-7-20(22)28)10-11-23(24)37-17-25(35)32-21-8-4-2-6-19(21)27(29,30)31/h2-11,16H,12-15,17H2,1H3,(H,32,35). The molecule has 0 unspecified atom stereocenters. The average Bonchev–Trinajstić information content (AvgIpc) is 2.91. The fourth-order valence-corrected chi connectivity index (χ4v) is 4.69. The van der Waals surface area contributed by atoms with E-state index in [1.54, 1.807) is 18.2 Å². The number of thiocarbonyl (C=S) groups is 1. The molecule has 1 aliphatic heterocycles. The summed E-state index contributed by atoms with van der Waals surface area (Å²) < 4.78 is 50.5. The number of para-hydroxylation sites is 2. The van der Waals surface area contributed by atoms with Gasteiger partial charge in [-0.25, -0.2) is 0 Å². The van der Waals surface area contributed by atoms with Crippen LogP contribution in [0.15, 0.2) is 66.7 Å². The van der Waals surface area contributed by atoms with Gasteiger partial charge in [0.15, 0.2) is 18.1 Å². The van der Waals surface area contributed by atoms with Crippen LogP contribution in [0.5, 0.6) is 11.5 Å². The minimum absolute atomic E-state index is 0.266. The van der Waals surface area contributed by atoms with Crippen molar-refractivity contribution < 1.29 is 27.4 Å². The topological polar surface area (TPSA) is 54.0 Å². The maximum Gasteiger partial charge on any atom is 0.418 e. The van der Waals surface area contributed by atoms with Crippen LogP contribution in [-0.4, -0.2) is 55.7 Å². The zero-order valence-electron chi connectivity index (χ0n) is 20.4. The van der Waals surface area contributed by atoms with Gasteiger partial charge in [0.05, 0.1) is 29.1 Å². The second-order valence-electron chi connectivity index (χ2n) is 8.48. The molecule has 0 radical (unpaired) electrons. The molecule has 0 aromatic heterocycles. The van der Waals surface area contributed by atoms with Crippen LogP contribution >= 0.6 is 23.8 Å². The largest absolute Gasteiger partial charge is 0.493 e. The van der Waals surface area contributed by atoms with Gasteiger partial charge in [-0.05, 0) is 42.5 Å². The summed E-state index contributed by atoms with van der Waals surface area (Å²) in [4.78, 5) is 17.3. The molecule has 0 atom stereocenters. The van der Waals surface area contributed by atoms with Crippen LogP contribution in [0.4, 0.5) is 24.5 Å². The Bertz CT molecular complexity index is 1310. The van der Waals surface area contributed by atoms with Crippen molar-refractivity contribution in [2.75, 3.05) is 50.1 Å². The number of rotatable bonds is 7. The highest BCUT2D eigenvalue weighted by atomic mass is 35.5.